The Balaban J connectivity index is 1.72. The van der Waals surface area contributed by atoms with Crippen LogP contribution in [0.2, 0.25) is 0 Å². The molecule has 0 aliphatic carbocycles. The van der Waals surface area contributed by atoms with Crippen LogP contribution < -0.4 is 10.6 Å². The number of nitrogens with one attached hydrogen (secondary N) is 2. The largest absolute Gasteiger partial charge is 0.317 e. The van der Waals surface area contributed by atoms with Gasteiger partial charge in [-0.05, 0) is 44.8 Å². The molecule has 7 heteroatoms. The van der Waals surface area contributed by atoms with Crippen molar-refractivity contribution in [2.24, 2.45) is 0 Å². The zero-order valence-electron chi connectivity index (χ0n) is 15.0. The number of benzene rings is 1. The molecule has 0 spiro atoms. The third kappa shape index (κ3) is 3.53. The molecule has 136 valence electrons. The predicted molar refractivity (Wildman–Crippen MR) is 110 cm³/mol. The van der Waals surface area contributed by atoms with E-state index < -0.39 is 0 Å². The first-order valence-corrected chi connectivity index (χ1v) is 10.4. The van der Waals surface area contributed by atoms with Crippen LogP contribution in [0.3, 0.4) is 0 Å². The zero-order chi connectivity index (χ0) is 18.1. The predicted octanol–water partition coefficient (Wildman–Crippen LogP) is 3.56. The number of fused-ring (bicyclic) bond motifs is 2. The molecule has 0 bridgehead atoms. The highest BCUT2D eigenvalue weighted by Crippen LogP contribution is 2.44. The lowest BCUT2D eigenvalue weighted by Gasteiger charge is -2.13. The molecule has 1 amide bonds. The highest BCUT2D eigenvalue weighted by molar-refractivity contribution is 7.22. The lowest BCUT2D eigenvalue weighted by Crippen LogP contribution is -2.22. The topological polar surface area (TPSA) is 57.3 Å². The first kappa shape index (κ1) is 17.6. The molecule has 0 unspecified atom stereocenters. The van der Waals surface area contributed by atoms with Crippen molar-refractivity contribution in [1.29, 1.82) is 0 Å². The Bertz CT molecular complexity index is 911. The minimum absolute atomic E-state index is 0.0626. The lowest BCUT2D eigenvalue weighted by atomic mass is 10.0. The van der Waals surface area contributed by atoms with Gasteiger partial charge in [0.15, 0.2) is 0 Å². The van der Waals surface area contributed by atoms with Crippen molar-refractivity contribution in [1.82, 2.24) is 15.2 Å². The number of hydrogen-bond donors (Lipinski definition) is 2. The van der Waals surface area contributed by atoms with E-state index >= 15 is 0 Å². The van der Waals surface area contributed by atoms with Crippen LogP contribution in [-0.4, -0.2) is 43.0 Å². The fourth-order valence-electron chi connectivity index (χ4n) is 3.14. The second-order valence-corrected chi connectivity index (χ2v) is 8.86. The van der Waals surface area contributed by atoms with Crippen molar-refractivity contribution >= 4 is 43.8 Å². The van der Waals surface area contributed by atoms with Gasteiger partial charge < -0.3 is 15.5 Å². The third-order valence-electron chi connectivity index (χ3n) is 4.47. The Morgan fingerprint density at radius 2 is 2.15 bits per heavy atom. The smallest absolute Gasteiger partial charge is 0.226 e. The summed E-state index contributed by atoms with van der Waals surface area (Å²) < 4.78 is 1.18. The van der Waals surface area contributed by atoms with E-state index in [4.69, 9.17) is 4.98 Å². The maximum Gasteiger partial charge on any atom is 0.226 e. The fraction of sp³-hybridized carbons (Fsp3) is 0.368. The first-order valence-electron chi connectivity index (χ1n) is 8.77. The Hall–Kier alpha value is -1.80. The van der Waals surface area contributed by atoms with Gasteiger partial charge in [-0.2, -0.15) is 0 Å². The minimum atomic E-state index is 0.0626. The van der Waals surface area contributed by atoms with Crippen molar-refractivity contribution in [3.8, 4) is 10.6 Å². The highest BCUT2D eigenvalue weighted by Gasteiger charge is 2.25. The summed E-state index contributed by atoms with van der Waals surface area (Å²) in [6, 6.07) is 8.21. The molecule has 0 radical (unpaired) electrons. The Morgan fingerprint density at radius 1 is 1.31 bits per heavy atom. The second kappa shape index (κ2) is 7.44. The number of thiophene rings is 1. The van der Waals surface area contributed by atoms with Crippen LogP contribution in [-0.2, 0) is 17.8 Å². The molecule has 1 aliphatic heterocycles. The number of anilines is 1. The summed E-state index contributed by atoms with van der Waals surface area (Å²) in [7, 11) is 3.96. The van der Waals surface area contributed by atoms with Gasteiger partial charge in [0.1, 0.15) is 10.0 Å². The van der Waals surface area contributed by atoms with Gasteiger partial charge in [-0.3, -0.25) is 4.79 Å². The summed E-state index contributed by atoms with van der Waals surface area (Å²) in [5.41, 5.74) is 3.49. The molecule has 0 fully saturated rings. The van der Waals surface area contributed by atoms with E-state index in [9.17, 15) is 4.79 Å². The van der Waals surface area contributed by atoms with Gasteiger partial charge in [-0.25, -0.2) is 4.98 Å². The number of amides is 1. The lowest BCUT2D eigenvalue weighted by molar-refractivity contribution is -0.116. The second-order valence-electron chi connectivity index (χ2n) is 6.72. The molecular weight excluding hydrogens is 364 g/mol. The normalized spacial score (nSPS) is 14.0. The summed E-state index contributed by atoms with van der Waals surface area (Å²) in [6.45, 7) is 2.58. The van der Waals surface area contributed by atoms with E-state index in [0.717, 1.165) is 47.1 Å². The minimum Gasteiger partial charge on any atom is -0.317 e. The van der Waals surface area contributed by atoms with Crippen LogP contribution >= 0.6 is 22.7 Å². The molecule has 0 atom stereocenters. The van der Waals surface area contributed by atoms with Gasteiger partial charge in [0.25, 0.3) is 0 Å². The number of carbonyl (C=O) groups excluding carboxylic acids is 1. The summed E-state index contributed by atoms with van der Waals surface area (Å²) in [6.07, 6.45) is 1.47. The Morgan fingerprint density at radius 3 is 2.96 bits per heavy atom. The number of para-hydroxylation sites is 1. The molecule has 3 heterocycles. The number of carbonyl (C=O) groups is 1. The van der Waals surface area contributed by atoms with Gasteiger partial charge in [-0.15, -0.1) is 22.7 Å². The monoisotopic (exact) mass is 386 g/mol. The van der Waals surface area contributed by atoms with Crippen LogP contribution in [0.1, 0.15) is 16.9 Å². The van der Waals surface area contributed by atoms with Gasteiger partial charge in [0.2, 0.25) is 5.91 Å². The maximum absolute atomic E-state index is 12.4. The number of hydrogen-bond acceptors (Lipinski definition) is 6. The number of nitrogens with zero attached hydrogens (tertiary/aromatic N) is 2. The number of rotatable bonds is 5. The van der Waals surface area contributed by atoms with Crippen molar-refractivity contribution in [2.45, 2.75) is 19.4 Å². The average molecular weight is 387 g/mol. The molecule has 2 aromatic heterocycles. The van der Waals surface area contributed by atoms with Crippen LogP contribution in [0.15, 0.2) is 24.3 Å². The molecule has 0 saturated heterocycles. The average Bonchev–Trinajstić information content (AvgIpc) is 3.20. The van der Waals surface area contributed by atoms with E-state index in [1.54, 1.807) is 22.7 Å². The van der Waals surface area contributed by atoms with Gasteiger partial charge >= 0.3 is 0 Å². The molecule has 1 aliphatic rings. The zero-order valence-corrected chi connectivity index (χ0v) is 16.6. The molecule has 3 aromatic rings. The van der Waals surface area contributed by atoms with E-state index in [1.165, 1.54) is 15.1 Å². The van der Waals surface area contributed by atoms with Crippen molar-refractivity contribution in [2.75, 3.05) is 32.5 Å². The van der Waals surface area contributed by atoms with Crippen LogP contribution in [0, 0.1) is 0 Å². The van der Waals surface area contributed by atoms with Crippen molar-refractivity contribution in [3.63, 3.8) is 0 Å². The fourth-order valence-corrected chi connectivity index (χ4v) is 5.49. The summed E-state index contributed by atoms with van der Waals surface area (Å²) in [5, 5.41) is 8.54. The molecule has 26 heavy (non-hydrogen) atoms. The van der Waals surface area contributed by atoms with E-state index in [-0.39, 0.29) is 5.91 Å². The molecule has 1 aromatic carbocycles. The summed E-state index contributed by atoms with van der Waals surface area (Å²) in [4.78, 5) is 20.6. The Labute approximate surface area is 161 Å². The Kier molecular flexibility index (Phi) is 5.04. The van der Waals surface area contributed by atoms with Crippen molar-refractivity contribution in [3.05, 3.63) is 34.7 Å². The molecular formula is C19H22N4OS2. The van der Waals surface area contributed by atoms with E-state index in [0.29, 0.717) is 6.42 Å². The molecule has 2 N–H and O–H groups in total. The van der Waals surface area contributed by atoms with Gasteiger partial charge in [0, 0.05) is 30.0 Å². The maximum atomic E-state index is 12.4. The quantitative estimate of drug-likeness (QED) is 0.704. The molecule has 0 saturated carbocycles. The first-order chi connectivity index (χ1) is 12.6. The van der Waals surface area contributed by atoms with Crippen LogP contribution in [0.25, 0.3) is 20.8 Å². The highest BCUT2D eigenvalue weighted by atomic mass is 32.1. The summed E-state index contributed by atoms with van der Waals surface area (Å²) in [5.74, 6) is 0.0626. The SMILES string of the molecule is CN(C)CCC(=O)Nc1sc2c(c1-c1nc3ccccc3s1)CCNC2. The van der Waals surface area contributed by atoms with Gasteiger partial charge in [0.05, 0.1) is 10.2 Å². The van der Waals surface area contributed by atoms with Gasteiger partial charge in [-0.1, -0.05) is 12.1 Å². The number of thiazole rings is 1. The van der Waals surface area contributed by atoms with Crippen LogP contribution in [0.4, 0.5) is 5.00 Å². The molecule has 5 nitrogen and oxygen atoms in total. The standard InChI is InChI=1S/C19H22N4OS2/c1-23(2)10-8-16(24)22-19-17(12-7-9-20-11-15(12)26-19)18-21-13-5-3-4-6-14(13)25-18/h3-6,20H,7-11H2,1-2H3,(H,22,24). The third-order valence-corrected chi connectivity index (χ3v) is 6.68. The number of aromatic nitrogens is 1. The van der Waals surface area contributed by atoms with E-state index in [2.05, 4.69) is 16.7 Å². The van der Waals surface area contributed by atoms with E-state index in [1.807, 2.05) is 37.2 Å². The van der Waals surface area contributed by atoms with Crippen LogP contribution in [0.5, 0.6) is 0 Å². The summed E-state index contributed by atoms with van der Waals surface area (Å²) >= 11 is 3.39. The molecule has 4 rings (SSSR count). The van der Waals surface area contributed by atoms with Crippen molar-refractivity contribution < 1.29 is 4.79 Å².